The van der Waals surface area contributed by atoms with E-state index in [-0.39, 0.29) is 11.9 Å². The molecule has 1 saturated carbocycles. The standard InChI is InChI=1S/C16H25FN2/c1-5-18-11(2)15-10-14(17)8-9-16(15)19(4)12(3)13-6-7-13/h8-13,18H,5-7H2,1-4H3. The Hall–Kier alpha value is -1.09. The number of hydrogen-bond acceptors (Lipinski definition) is 2. The molecule has 0 saturated heterocycles. The molecule has 0 bridgehead atoms. The monoisotopic (exact) mass is 264 g/mol. The molecule has 2 nitrogen and oxygen atoms in total. The Morgan fingerprint density at radius 2 is 2.05 bits per heavy atom. The average molecular weight is 264 g/mol. The quantitative estimate of drug-likeness (QED) is 0.842. The van der Waals surface area contributed by atoms with E-state index in [9.17, 15) is 4.39 Å². The van der Waals surface area contributed by atoms with Crippen molar-refractivity contribution in [3.8, 4) is 0 Å². The van der Waals surface area contributed by atoms with Gasteiger partial charge in [-0.1, -0.05) is 6.92 Å². The van der Waals surface area contributed by atoms with Crippen molar-refractivity contribution in [3.63, 3.8) is 0 Å². The van der Waals surface area contributed by atoms with E-state index in [1.54, 1.807) is 12.1 Å². The first-order chi connectivity index (χ1) is 9.04. The molecular weight excluding hydrogens is 239 g/mol. The molecule has 106 valence electrons. The first-order valence-electron chi connectivity index (χ1n) is 7.30. The first kappa shape index (κ1) is 14.3. The summed E-state index contributed by atoms with van der Waals surface area (Å²) in [5, 5.41) is 3.37. The fraction of sp³-hybridized carbons (Fsp3) is 0.625. The number of nitrogens with zero attached hydrogens (tertiary/aromatic N) is 1. The molecule has 0 aliphatic heterocycles. The lowest BCUT2D eigenvalue weighted by atomic mass is 10.0. The van der Waals surface area contributed by atoms with E-state index in [1.165, 1.54) is 12.8 Å². The van der Waals surface area contributed by atoms with Crippen LogP contribution in [0.15, 0.2) is 18.2 Å². The van der Waals surface area contributed by atoms with Crippen molar-refractivity contribution in [2.75, 3.05) is 18.5 Å². The van der Waals surface area contributed by atoms with Gasteiger partial charge in [-0.3, -0.25) is 0 Å². The van der Waals surface area contributed by atoms with Crippen LogP contribution in [0.4, 0.5) is 10.1 Å². The molecule has 1 aromatic rings. The van der Waals surface area contributed by atoms with E-state index in [1.807, 2.05) is 6.07 Å². The van der Waals surface area contributed by atoms with E-state index in [0.29, 0.717) is 6.04 Å². The van der Waals surface area contributed by atoms with Crippen LogP contribution < -0.4 is 10.2 Å². The third kappa shape index (κ3) is 3.27. The minimum Gasteiger partial charge on any atom is -0.371 e. The molecule has 2 rings (SSSR count). The maximum Gasteiger partial charge on any atom is 0.123 e. The van der Waals surface area contributed by atoms with Gasteiger partial charge in [0.2, 0.25) is 0 Å². The van der Waals surface area contributed by atoms with Gasteiger partial charge in [-0.2, -0.15) is 0 Å². The number of halogens is 1. The molecule has 0 radical (unpaired) electrons. The highest BCUT2D eigenvalue weighted by Crippen LogP contribution is 2.38. The summed E-state index contributed by atoms with van der Waals surface area (Å²) in [7, 11) is 2.12. The summed E-state index contributed by atoms with van der Waals surface area (Å²) in [5.74, 6) is 0.647. The number of benzene rings is 1. The van der Waals surface area contributed by atoms with Gasteiger partial charge in [0.15, 0.2) is 0 Å². The van der Waals surface area contributed by atoms with Gasteiger partial charge in [0.25, 0.3) is 0 Å². The Morgan fingerprint density at radius 3 is 2.63 bits per heavy atom. The Labute approximate surface area is 116 Å². The second kappa shape index (κ2) is 5.91. The zero-order chi connectivity index (χ0) is 14.0. The smallest absolute Gasteiger partial charge is 0.123 e. The zero-order valence-electron chi connectivity index (χ0n) is 12.4. The van der Waals surface area contributed by atoms with Crippen LogP contribution in [-0.4, -0.2) is 19.6 Å². The minimum atomic E-state index is -0.157. The van der Waals surface area contributed by atoms with E-state index in [0.717, 1.165) is 23.7 Å². The number of rotatable bonds is 6. The summed E-state index contributed by atoms with van der Waals surface area (Å²) in [4.78, 5) is 2.31. The van der Waals surface area contributed by atoms with Gasteiger partial charge in [-0.05, 0) is 62.9 Å². The lowest BCUT2D eigenvalue weighted by Crippen LogP contribution is -2.32. The summed E-state index contributed by atoms with van der Waals surface area (Å²) in [5.41, 5.74) is 2.20. The molecule has 19 heavy (non-hydrogen) atoms. The van der Waals surface area contributed by atoms with Gasteiger partial charge in [-0.15, -0.1) is 0 Å². The van der Waals surface area contributed by atoms with Crippen molar-refractivity contribution in [1.29, 1.82) is 0 Å². The normalized spacial score (nSPS) is 18.2. The number of anilines is 1. The van der Waals surface area contributed by atoms with E-state index >= 15 is 0 Å². The van der Waals surface area contributed by atoms with Crippen LogP contribution in [0.5, 0.6) is 0 Å². The molecule has 1 N–H and O–H groups in total. The Bertz CT molecular complexity index is 429. The molecule has 1 aliphatic carbocycles. The maximum atomic E-state index is 13.5. The van der Waals surface area contributed by atoms with Crippen molar-refractivity contribution < 1.29 is 4.39 Å². The molecule has 3 heteroatoms. The molecular formula is C16H25FN2. The molecule has 0 heterocycles. The highest BCUT2D eigenvalue weighted by molar-refractivity contribution is 5.55. The van der Waals surface area contributed by atoms with Gasteiger partial charge in [0.05, 0.1) is 0 Å². The second-order valence-electron chi connectivity index (χ2n) is 5.67. The van der Waals surface area contributed by atoms with Crippen LogP contribution in [0.1, 0.15) is 45.2 Å². The third-order valence-electron chi connectivity index (χ3n) is 4.26. The molecule has 0 aromatic heterocycles. The van der Waals surface area contributed by atoms with E-state index < -0.39 is 0 Å². The summed E-state index contributed by atoms with van der Waals surface area (Å²) in [6, 6.07) is 5.84. The summed E-state index contributed by atoms with van der Waals surface area (Å²) in [6.07, 6.45) is 2.65. The van der Waals surface area contributed by atoms with Crippen LogP contribution in [0, 0.1) is 11.7 Å². The topological polar surface area (TPSA) is 15.3 Å². The van der Waals surface area contributed by atoms with Crippen LogP contribution in [0.2, 0.25) is 0 Å². The van der Waals surface area contributed by atoms with Crippen LogP contribution in [0.3, 0.4) is 0 Å². The van der Waals surface area contributed by atoms with Gasteiger partial charge < -0.3 is 10.2 Å². The van der Waals surface area contributed by atoms with Crippen LogP contribution in [0.25, 0.3) is 0 Å². The minimum absolute atomic E-state index is 0.157. The van der Waals surface area contributed by atoms with Crippen molar-refractivity contribution in [3.05, 3.63) is 29.6 Å². The largest absolute Gasteiger partial charge is 0.371 e. The van der Waals surface area contributed by atoms with Crippen molar-refractivity contribution in [2.45, 2.75) is 45.7 Å². The Balaban J connectivity index is 2.27. The number of hydrogen-bond donors (Lipinski definition) is 1. The van der Waals surface area contributed by atoms with Crippen molar-refractivity contribution in [1.82, 2.24) is 5.32 Å². The van der Waals surface area contributed by atoms with Crippen molar-refractivity contribution in [2.24, 2.45) is 5.92 Å². The fourth-order valence-corrected chi connectivity index (χ4v) is 2.72. The van der Waals surface area contributed by atoms with E-state index in [4.69, 9.17) is 0 Å². The Morgan fingerprint density at radius 1 is 1.37 bits per heavy atom. The SMILES string of the molecule is CCNC(C)c1cc(F)ccc1N(C)C(C)C1CC1. The van der Waals surface area contributed by atoms with Crippen LogP contribution >= 0.6 is 0 Å². The predicted molar refractivity (Wildman–Crippen MR) is 79.1 cm³/mol. The van der Waals surface area contributed by atoms with Gasteiger partial charge in [-0.25, -0.2) is 4.39 Å². The zero-order valence-corrected chi connectivity index (χ0v) is 12.4. The molecule has 1 aliphatic rings. The molecule has 2 atom stereocenters. The lowest BCUT2D eigenvalue weighted by molar-refractivity contribution is 0.569. The summed E-state index contributed by atoms with van der Waals surface area (Å²) < 4.78 is 13.5. The van der Waals surface area contributed by atoms with Crippen molar-refractivity contribution >= 4 is 5.69 Å². The number of nitrogens with one attached hydrogen (secondary N) is 1. The molecule has 0 spiro atoms. The highest BCUT2D eigenvalue weighted by Gasteiger charge is 2.31. The molecule has 1 fully saturated rings. The van der Waals surface area contributed by atoms with E-state index in [2.05, 4.69) is 38.0 Å². The second-order valence-corrected chi connectivity index (χ2v) is 5.67. The lowest BCUT2D eigenvalue weighted by Gasteiger charge is -2.31. The molecule has 1 aromatic carbocycles. The van der Waals surface area contributed by atoms with Crippen LogP contribution in [-0.2, 0) is 0 Å². The third-order valence-corrected chi connectivity index (χ3v) is 4.26. The molecule has 2 unspecified atom stereocenters. The fourth-order valence-electron chi connectivity index (χ4n) is 2.72. The summed E-state index contributed by atoms with van der Waals surface area (Å²) in [6.45, 7) is 7.32. The Kier molecular flexibility index (Phi) is 4.46. The highest BCUT2D eigenvalue weighted by atomic mass is 19.1. The van der Waals surface area contributed by atoms with Gasteiger partial charge in [0, 0.05) is 24.8 Å². The average Bonchev–Trinajstić information content (AvgIpc) is 3.21. The van der Waals surface area contributed by atoms with Gasteiger partial charge in [0.1, 0.15) is 5.82 Å². The van der Waals surface area contributed by atoms with Gasteiger partial charge >= 0.3 is 0 Å². The predicted octanol–water partition coefficient (Wildman–Crippen LogP) is 3.73. The maximum absolute atomic E-state index is 13.5. The first-order valence-corrected chi connectivity index (χ1v) is 7.30. The molecule has 0 amide bonds. The summed E-state index contributed by atoms with van der Waals surface area (Å²) >= 11 is 0.